The fourth-order valence-corrected chi connectivity index (χ4v) is 13.0. The Bertz CT molecular complexity index is 4630. The molecule has 2 aromatic heterocycles. The predicted molar refractivity (Wildman–Crippen MR) is 328 cm³/mol. The molecule has 2 aliphatic carbocycles. The van der Waals surface area contributed by atoms with E-state index in [9.17, 15) is 0 Å². The fraction of sp³-hybridized carbons (Fsp3) is 0.0789. The third kappa shape index (κ3) is 7.71. The molecule has 13 aromatic rings. The average molecular weight is 1010 g/mol. The molecule has 0 fully saturated rings. The predicted octanol–water partition coefficient (Wildman–Crippen LogP) is 20.3. The summed E-state index contributed by atoms with van der Waals surface area (Å²) in [5.74, 6) is 0. The van der Waals surface area contributed by atoms with Crippen LogP contribution in [0.15, 0.2) is 259 Å². The standard InChI is InChI=1S/C76H54N2O/c1-75(2)67-29-7-5-27-62(67)64-34-31-59(44-69(64)75)55-23-12-19-51(40-55)48-16-9-15-47(37-48)50-18-11-22-54(39-50)58-33-36-71-66(43-58)73-74(79-71)72(77-46-78-73)61-26-14-25-57(42-61)53-21-10-17-49(38-53)52-20-13-24-56(41-52)60-32-35-65-63-28-6-8-30-68(63)76(3,4)70(65)45-60/h5-46H,1-4H3. The minimum Gasteiger partial charge on any atom is -0.452 e. The lowest BCUT2D eigenvalue weighted by Gasteiger charge is -2.22. The van der Waals surface area contributed by atoms with Crippen molar-refractivity contribution < 1.29 is 4.42 Å². The van der Waals surface area contributed by atoms with Gasteiger partial charge in [-0.2, -0.15) is 0 Å². The third-order valence-corrected chi connectivity index (χ3v) is 17.2. The topological polar surface area (TPSA) is 38.9 Å². The van der Waals surface area contributed by atoms with Crippen LogP contribution in [0.4, 0.5) is 0 Å². The number of aromatic nitrogens is 2. The van der Waals surface area contributed by atoms with E-state index < -0.39 is 0 Å². The molecular weight excluding hydrogens is 957 g/mol. The molecule has 11 aromatic carbocycles. The van der Waals surface area contributed by atoms with Gasteiger partial charge in [-0.1, -0.05) is 216 Å². The van der Waals surface area contributed by atoms with E-state index in [-0.39, 0.29) is 10.8 Å². The van der Waals surface area contributed by atoms with Gasteiger partial charge in [0.1, 0.15) is 23.1 Å². The molecule has 0 aliphatic heterocycles. The van der Waals surface area contributed by atoms with Gasteiger partial charge in [0, 0.05) is 21.8 Å². The summed E-state index contributed by atoms with van der Waals surface area (Å²) in [5.41, 5.74) is 31.2. The second-order valence-electron chi connectivity index (χ2n) is 22.6. The van der Waals surface area contributed by atoms with Crippen LogP contribution in [0, 0.1) is 0 Å². The van der Waals surface area contributed by atoms with Gasteiger partial charge in [0.15, 0.2) is 5.58 Å². The summed E-state index contributed by atoms with van der Waals surface area (Å²) in [6.07, 6.45) is 1.66. The summed E-state index contributed by atoms with van der Waals surface area (Å²) < 4.78 is 6.65. The molecule has 3 nitrogen and oxygen atoms in total. The molecule has 0 N–H and O–H groups in total. The van der Waals surface area contributed by atoms with Crippen molar-refractivity contribution in [2.24, 2.45) is 0 Å². The van der Waals surface area contributed by atoms with Gasteiger partial charge in [-0.25, -0.2) is 9.97 Å². The van der Waals surface area contributed by atoms with Gasteiger partial charge in [0.25, 0.3) is 0 Å². The summed E-state index contributed by atoms with van der Waals surface area (Å²) in [6, 6.07) is 91.1. The number of rotatable bonds is 8. The first-order chi connectivity index (χ1) is 38.6. The highest BCUT2D eigenvalue weighted by Crippen LogP contribution is 2.51. The maximum atomic E-state index is 6.65. The van der Waals surface area contributed by atoms with Crippen LogP contribution in [-0.2, 0) is 10.8 Å². The van der Waals surface area contributed by atoms with Crippen molar-refractivity contribution in [3.63, 3.8) is 0 Å². The van der Waals surface area contributed by atoms with Gasteiger partial charge in [-0.3, -0.25) is 0 Å². The van der Waals surface area contributed by atoms with Gasteiger partial charge in [0.2, 0.25) is 0 Å². The second-order valence-corrected chi connectivity index (χ2v) is 22.6. The monoisotopic (exact) mass is 1010 g/mol. The second kappa shape index (κ2) is 17.9. The van der Waals surface area contributed by atoms with E-state index >= 15 is 0 Å². The molecule has 0 saturated heterocycles. The molecule has 0 saturated carbocycles. The Kier molecular flexibility index (Phi) is 10.6. The van der Waals surface area contributed by atoms with Crippen LogP contribution in [0.2, 0.25) is 0 Å². The summed E-state index contributed by atoms with van der Waals surface area (Å²) in [6.45, 7) is 9.37. The van der Waals surface area contributed by atoms with Gasteiger partial charge in [-0.15, -0.1) is 0 Å². The minimum atomic E-state index is -0.0506. The molecule has 3 heteroatoms. The summed E-state index contributed by atoms with van der Waals surface area (Å²) in [5, 5.41) is 0.958. The van der Waals surface area contributed by atoms with Crippen molar-refractivity contribution in [1.29, 1.82) is 0 Å². The number of hydrogen-bond donors (Lipinski definition) is 0. The number of nitrogens with zero attached hydrogens (tertiary/aromatic N) is 2. The Hall–Kier alpha value is -9.70. The maximum Gasteiger partial charge on any atom is 0.180 e. The van der Waals surface area contributed by atoms with Crippen molar-refractivity contribution in [3.05, 3.63) is 277 Å². The summed E-state index contributed by atoms with van der Waals surface area (Å²) in [4.78, 5) is 9.68. The van der Waals surface area contributed by atoms with E-state index in [1.165, 1.54) is 94.6 Å². The van der Waals surface area contributed by atoms with E-state index in [2.05, 4.69) is 276 Å². The Balaban J connectivity index is 0.697. The maximum absolute atomic E-state index is 6.65. The van der Waals surface area contributed by atoms with Gasteiger partial charge in [0.05, 0.1) is 0 Å². The Morgan fingerprint density at radius 1 is 0.278 bits per heavy atom. The van der Waals surface area contributed by atoms with Crippen LogP contribution in [0.3, 0.4) is 0 Å². The molecule has 0 amide bonds. The van der Waals surface area contributed by atoms with Crippen LogP contribution < -0.4 is 0 Å². The molecule has 0 unspecified atom stereocenters. The largest absolute Gasteiger partial charge is 0.452 e. The van der Waals surface area contributed by atoms with Gasteiger partial charge >= 0.3 is 0 Å². The molecule has 0 spiro atoms. The van der Waals surface area contributed by atoms with Gasteiger partial charge in [-0.05, 0) is 183 Å². The SMILES string of the molecule is CC1(C)c2ccccc2-c2ccc(-c3cccc(-c4cccc(-c5cccc(-c6ccc7oc8c(-c9cccc(-c%10cccc(-c%11cccc(-c%12ccc%13c(c%12)C(C)(C)c%12ccccc%12-%13)c%11)c%10)c9)ncnc8c7c6)c5)c4)c3)cc21. The Labute approximate surface area is 461 Å². The molecule has 15 rings (SSSR count). The normalized spacial score (nSPS) is 13.5. The first-order valence-electron chi connectivity index (χ1n) is 27.4. The highest BCUT2D eigenvalue weighted by molar-refractivity contribution is 6.08. The van der Waals surface area contributed by atoms with Crippen LogP contribution in [0.25, 0.3) is 133 Å². The van der Waals surface area contributed by atoms with E-state index in [0.717, 1.165) is 55.6 Å². The van der Waals surface area contributed by atoms with Crippen LogP contribution in [0.1, 0.15) is 49.9 Å². The lowest BCUT2D eigenvalue weighted by atomic mass is 9.81. The summed E-state index contributed by atoms with van der Waals surface area (Å²) >= 11 is 0. The van der Waals surface area contributed by atoms with Crippen molar-refractivity contribution in [2.45, 2.75) is 38.5 Å². The highest BCUT2D eigenvalue weighted by atomic mass is 16.3. The third-order valence-electron chi connectivity index (χ3n) is 17.2. The number of benzene rings is 11. The Morgan fingerprint density at radius 2 is 0.608 bits per heavy atom. The molecule has 2 aliphatic rings. The molecule has 0 radical (unpaired) electrons. The van der Waals surface area contributed by atoms with E-state index in [4.69, 9.17) is 14.4 Å². The number of fused-ring (bicyclic) bond motifs is 9. The van der Waals surface area contributed by atoms with E-state index in [1.807, 2.05) is 0 Å². The lowest BCUT2D eigenvalue weighted by molar-refractivity contribution is 0.660. The molecule has 79 heavy (non-hydrogen) atoms. The van der Waals surface area contributed by atoms with E-state index in [0.29, 0.717) is 5.58 Å². The van der Waals surface area contributed by atoms with Crippen LogP contribution in [-0.4, -0.2) is 9.97 Å². The first-order valence-corrected chi connectivity index (χ1v) is 27.4. The van der Waals surface area contributed by atoms with Crippen LogP contribution in [0.5, 0.6) is 0 Å². The zero-order chi connectivity index (χ0) is 53.0. The zero-order valence-electron chi connectivity index (χ0n) is 44.6. The van der Waals surface area contributed by atoms with Crippen molar-refractivity contribution in [1.82, 2.24) is 9.97 Å². The van der Waals surface area contributed by atoms with E-state index in [1.54, 1.807) is 6.33 Å². The molecule has 374 valence electrons. The molecule has 2 heterocycles. The molecular formula is C76H54N2O. The quantitative estimate of drug-likeness (QED) is 0.152. The molecule has 0 bridgehead atoms. The first kappa shape index (κ1) is 46.6. The van der Waals surface area contributed by atoms with Crippen molar-refractivity contribution in [2.75, 3.05) is 0 Å². The zero-order valence-corrected chi connectivity index (χ0v) is 44.6. The lowest BCUT2D eigenvalue weighted by Crippen LogP contribution is -2.14. The minimum absolute atomic E-state index is 0.0462. The van der Waals surface area contributed by atoms with Gasteiger partial charge < -0.3 is 4.42 Å². The van der Waals surface area contributed by atoms with Crippen LogP contribution >= 0.6 is 0 Å². The Morgan fingerprint density at radius 3 is 1.03 bits per heavy atom. The molecule has 0 atom stereocenters. The number of furan rings is 1. The smallest absolute Gasteiger partial charge is 0.180 e. The highest BCUT2D eigenvalue weighted by Gasteiger charge is 2.36. The number of hydrogen-bond acceptors (Lipinski definition) is 3. The fourth-order valence-electron chi connectivity index (χ4n) is 13.0. The average Bonchev–Trinajstić information content (AvgIpc) is 4.31. The van der Waals surface area contributed by atoms with Crippen molar-refractivity contribution >= 4 is 22.1 Å². The van der Waals surface area contributed by atoms with Crippen molar-refractivity contribution in [3.8, 4) is 111 Å². The summed E-state index contributed by atoms with van der Waals surface area (Å²) in [7, 11) is 0.